The molecule has 3 heterocycles. The minimum atomic E-state index is -1.74. The quantitative estimate of drug-likeness (QED) is 0.137. The number of ether oxygens (including phenoxy) is 3. The first kappa shape index (κ1) is 29.9. The van der Waals surface area contributed by atoms with Crippen molar-refractivity contribution in [3.63, 3.8) is 0 Å². The van der Waals surface area contributed by atoms with Crippen LogP contribution in [0.15, 0.2) is 67.2 Å². The standard InChI is InChI=1S/C27H27FN5O9P/c1-36-18-6-4-17(5-7-18)23-21(41-27(35)42-23)13-40-43(39-12-16-3-8-20(37-2)19(28)11-16)15-38-10-9-33-14-30-22-24(33)31-26(29)32-25(22)34/h3-8,11,14H,9-10,12-13,15H2,1-2H3,(H3,29,31,32,34). The van der Waals surface area contributed by atoms with Crippen molar-refractivity contribution in [3.05, 3.63) is 86.9 Å². The van der Waals surface area contributed by atoms with E-state index in [1.807, 2.05) is 0 Å². The predicted octanol–water partition coefficient (Wildman–Crippen LogP) is 3.79. The molecule has 0 aliphatic rings. The first-order valence-corrected chi connectivity index (χ1v) is 14.1. The van der Waals surface area contributed by atoms with Gasteiger partial charge >= 0.3 is 5.82 Å². The molecule has 3 aromatic heterocycles. The van der Waals surface area contributed by atoms with Crippen molar-refractivity contribution in [2.75, 3.05) is 32.9 Å². The molecule has 0 radical (unpaired) electrons. The van der Waals surface area contributed by atoms with Crippen molar-refractivity contribution in [2.24, 2.45) is 0 Å². The number of aromatic amines is 1. The Morgan fingerprint density at radius 1 is 1.05 bits per heavy atom. The maximum atomic E-state index is 14.2. The molecule has 43 heavy (non-hydrogen) atoms. The summed E-state index contributed by atoms with van der Waals surface area (Å²) in [5.41, 5.74) is 6.82. The van der Waals surface area contributed by atoms with Crippen LogP contribution in [0.3, 0.4) is 0 Å². The number of nitrogens with zero attached hydrogens (tertiary/aromatic N) is 3. The lowest BCUT2D eigenvalue weighted by Crippen LogP contribution is -2.13. The molecule has 16 heteroatoms. The monoisotopic (exact) mass is 615 g/mol. The number of methoxy groups -OCH3 is 2. The van der Waals surface area contributed by atoms with Gasteiger partial charge in [-0.25, -0.2) is 14.2 Å². The van der Waals surface area contributed by atoms with Gasteiger partial charge in [-0.15, -0.1) is 0 Å². The fourth-order valence-corrected chi connectivity index (χ4v) is 5.05. The van der Waals surface area contributed by atoms with Gasteiger partial charge < -0.3 is 42.4 Å². The summed E-state index contributed by atoms with van der Waals surface area (Å²) in [6.07, 6.45) is 1.47. The molecule has 1 atom stereocenters. The minimum Gasteiger partial charge on any atom is -0.497 e. The van der Waals surface area contributed by atoms with Crippen molar-refractivity contribution < 1.29 is 36.5 Å². The third kappa shape index (κ3) is 7.27. The maximum Gasteiger partial charge on any atom is 0.519 e. The predicted molar refractivity (Wildman–Crippen MR) is 152 cm³/mol. The highest BCUT2D eigenvalue weighted by Gasteiger charge is 2.20. The van der Waals surface area contributed by atoms with Crippen LogP contribution in [0.2, 0.25) is 0 Å². The molecule has 0 saturated carbocycles. The third-order valence-corrected chi connectivity index (χ3v) is 7.32. The average Bonchev–Trinajstić information content (AvgIpc) is 3.59. The van der Waals surface area contributed by atoms with Gasteiger partial charge in [0.15, 0.2) is 42.6 Å². The zero-order chi connectivity index (χ0) is 30.3. The lowest BCUT2D eigenvalue weighted by molar-refractivity contribution is 0.136. The van der Waals surface area contributed by atoms with E-state index in [1.165, 1.54) is 25.6 Å². The van der Waals surface area contributed by atoms with E-state index in [-0.39, 0.29) is 54.9 Å². The number of benzene rings is 2. The Labute approximate surface area is 244 Å². The number of imidazole rings is 1. The summed E-state index contributed by atoms with van der Waals surface area (Å²) < 4.78 is 54.2. The van der Waals surface area contributed by atoms with Crippen LogP contribution in [-0.4, -0.2) is 46.7 Å². The Morgan fingerprint density at radius 2 is 1.84 bits per heavy atom. The number of hydrogen-bond donors (Lipinski definition) is 2. The van der Waals surface area contributed by atoms with Crippen molar-refractivity contribution in [1.82, 2.24) is 19.5 Å². The number of rotatable bonds is 14. The van der Waals surface area contributed by atoms with Crippen LogP contribution < -0.4 is 26.6 Å². The van der Waals surface area contributed by atoms with Crippen LogP contribution in [-0.2, 0) is 33.5 Å². The number of nitrogens with two attached hydrogens (primary N) is 1. The van der Waals surface area contributed by atoms with Gasteiger partial charge in [0.2, 0.25) is 5.95 Å². The molecule has 0 spiro atoms. The first-order valence-electron chi connectivity index (χ1n) is 12.8. The number of anilines is 1. The third-order valence-electron chi connectivity index (χ3n) is 6.09. The Morgan fingerprint density at radius 3 is 2.58 bits per heavy atom. The topological polar surface area (TPSA) is 179 Å². The van der Waals surface area contributed by atoms with E-state index in [0.29, 0.717) is 29.1 Å². The van der Waals surface area contributed by atoms with Crippen molar-refractivity contribution in [2.45, 2.75) is 19.8 Å². The Balaban J connectivity index is 1.26. The van der Waals surface area contributed by atoms with Gasteiger partial charge in [0.25, 0.3) is 5.56 Å². The molecule has 0 amide bonds. The number of nitrogens with one attached hydrogen (secondary N) is 1. The van der Waals surface area contributed by atoms with E-state index < -0.39 is 25.6 Å². The maximum absolute atomic E-state index is 14.2. The van der Waals surface area contributed by atoms with Gasteiger partial charge in [-0.1, -0.05) is 6.07 Å². The molecule has 5 rings (SSSR count). The second-order valence-electron chi connectivity index (χ2n) is 8.88. The van der Waals surface area contributed by atoms with E-state index in [0.717, 1.165) is 0 Å². The minimum absolute atomic E-state index is 0.00871. The Bertz CT molecular complexity index is 1800. The van der Waals surface area contributed by atoms with E-state index in [2.05, 4.69) is 15.0 Å². The molecule has 226 valence electrons. The summed E-state index contributed by atoms with van der Waals surface area (Å²) in [7, 11) is 1.18. The molecular formula is C27H27FN5O9P. The van der Waals surface area contributed by atoms with Gasteiger partial charge in [-0.2, -0.15) is 4.98 Å². The molecule has 2 aromatic carbocycles. The summed E-state index contributed by atoms with van der Waals surface area (Å²) in [5, 5.41) is 0. The largest absolute Gasteiger partial charge is 0.519 e. The Kier molecular flexibility index (Phi) is 9.47. The fraction of sp³-hybridized carbons (Fsp3) is 0.259. The number of aromatic nitrogens is 4. The zero-order valence-electron chi connectivity index (χ0n) is 23.1. The molecule has 0 saturated heterocycles. The highest BCUT2D eigenvalue weighted by molar-refractivity contribution is 7.46. The van der Waals surface area contributed by atoms with Crippen molar-refractivity contribution in [1.29, 1.82) is 0 Å². The summed E-state index contributed by atoms with van der Waals surface area (Å²) >= 11 is 0. The fourth-order valence-electron chi connectivity index (χ4n) is 3.99. The molecule has 0 aliphatic carbocycles. The van der Waals surface area contributed by atoms with E-state index in [1.54, 1.807) is 42.0 Å². The molecule has 14 nitrogen and oxygen atoms in total. The van der Waals surface area contributed by atoms with Gasteiger partial charge in [0, 0.05) is 12.1 Å². The highest BCUT2D eigenvalue weighted by Crippen LogP contribution is 2.41. The second kappa shape index (κ2) is 13.6. The van der Waals surface area contributed by atoms with Gasteiger partial charge in [0.1, 0.15) is 18.7 Å². The molecule has 1 unspecified atom stereocenters. The molecule has 0 fully saturated rings. The van der Waals surface area contributed by atoms with Crippen LogP contribution >= 0.6 is 8.38 Å². The smallest absolute Gasteiger partial charge is 0.497 e. The van der Waals surface area contributed by atoms with Crippen LogP contribution in [0.1, 0.15) is 11.3 Å². The number of nitrogen functional groups attached to an aromatic ring is 1. The number of halogens is 1. The van der Waals surface area contributed by atoms with Gasteiger partial charge in [-0.3, -0.25) is 9.78 Å². The van der Waals surface area contributed by atoms with E-state index in [4.69, 9.17) is 37.8 Å². The highest BCUT2D eigenvalue weighted by atomic mass is 31.2. The second-order valence-corrected chi connectivity index (χ2v) is 10.3. The Hall–Kier alpha value is -4.56. The number of H-pyrrole nitrogens is 1. The van der Waals surface area contributed by atoms with E-state index >= 15 is 0 Å². The lowest BCUT2D eigenvalue weighted by atomic mass is 10.1. The average molecular weight is 616 g/mol. The summed E-state index contributed by atoms with van der Waals surface area (Å²) in [4.78, 5) is 34.6. The number of fused-ring (bicyclic) bond motifs is 1. The van der Waals surface area contributed by atoms with Crippen LogP contribution in [0, 0.1) is 5.82 Å². The lowest BCUT2D eigenvalue weighted by Gasteiger charge is -2.18. The van der Waals surface area contributed by atoms with Crippen LogP contribution in [0.5, 0.6) is 11.5 Å². The molecular weight excluding hydrogens is 588 g/mol. The van der Waals surface area contributed by atoms with Crippen LogP contribution in [0.4, 0.5) is 10.3 Å². The molecule has 5 aromatic rings. The summed E-state index contributed by atoms with van der Waals surface area (Å²) in [5.74, 6) is -0.353. The zero-order valence-corrected chi connectivity index (χ0v) is 24.0. The van der Waals surface area contributed by atoms with Gasteiger partial charge in [-0.05, 0) is 42.0 Å². The van der Waals surface area contributed by atoms with Gasteiger partial charge in [0.05, 0.1) is 33.8 Å². The van der Waals surface area contributed by atoms with Crippen molar-refractivity contribution >= 4 is 25.5 Å². The molecule has 0 aliphatic heterocycles. The first-order chi connectivity index (χ1) is 20.8. The number of hydrogen-bond acceptors (Lipinski definition) is 12. The molecule has 0 bridgehead atoms. The summed E-state index contributed by atoms with van der Waals surface area (Å²) in [6.45, 7) is 0.323. The van der Waals surface area contributed by atoms with Crippen molar-refractivity contribution in [3.8, 4) is 22.8 Å². The molecule has 3 N–H and O–H groups in total. The summed E-state index contributed by atoms with van der Waals surface area (Å²) in [6, 6.07) is 11.3. The SMILES string of the molecule is COc1ccc(-c2oc(=O)oc2COP(COCCn2cnc3c(=O)[nH]c(N)nc32)OCc2ccc(OC)c(F)c2)cc1. The van der Waals surface area contributed by atoms with Crippen LogP contribution in [0.25, 0.3) is 22.5 Å². The normalized spacial score (nSPS) is 12.1. The van der Waals surface area contributed by atoms with E-state index in [9.17, 15) is 14.0 Å².